The fourth-order valence-electron chi connectivity index (χ4n) is 0.853. The van der Waals surface area contributed by atoms with Crippen LogP contribution in [0.2, 0.25) is 0 Å². The first-order chi connectivity index (χ1) is 7.32. The van der Waals surface area contributed by atoms with Gasteiger partial charge in [-0.15, -0.1) is 0 Å². The Morgan fingerprint density at radius 2 is 1.81 bits per heavy atom. The zero-order valence-corrected chi connectivity index (χ0v) is 9.10. The van der Waals surface area contributed by atoms with Gasteiger partial charge in [-0.25, -0.2) is 4.79 Å². The second kappa shape index (κ2) is 6.78. The van der Waals surface area contributed by atoms with Gasteiger partial charge in [0.05, 0.1) is 12.5 Å². The smallest absolute Gasteiger partial charge is 0.326 e. The van der Waals surface area contributed by atoms with Gasteiger partial charge >= 0.3 is 11.9 Å². The van der Waals surface area contributed by atoms with E-state index in [0.29, 0.717) is 0 Å². The predicted octanol–water partition coefficient (Wildman–Crippen LogP) is -0.544. The van der Waals surface area contributed by atoms with E-state index < -0.39 is 30.3 Å². The number of carbonyl (C=O) groups excluding carboxylic acids is 1. The average molecular weight is 233 g/mol. The van der Waals surface area contributed by atoms with Crippen molar-refractivity contribution >= 4 is 17.8 Å². The molecule has 1 amide bonds. The summed E-state index contributed by atoms with van der Waals surface area (Å²) in [7, 11) is 0. The standard InChI is InChI=1S/C9H15NO6/c1-5(2)16-4-7(11)10-6(9(14)15)3-8(12)13/h5-6H,3-4H2,1-2H3,(H,10,11)(H,12,13)(H,14,15)/t6-/m0/s1. The first kappa shape index (κ1) is 14.4. The number of rotatable bonds is 7. The summed E-state index contributed by atoms with van der Waals surface area (Å²) >= 11 is 0. The first-order valence-corrected chi connectivity index (χ1v) is 4.68. The molecule has 0 saturated carbocycles. The van der Waals surface area contributed by atoms with Crippen LogP contribution >= 0.6 is 0 Å². The Morgan fingerprint density at radius 3 is 2.19 bits per heavy atom. The van der Waals surface area contributed by atoms with E-state index in [9.17, 15) is 14.4 Å². The van der Waals surface area contributed by atoms with E-state index in [1.165, 1.54) is 0 Å². The molecule has 7 heteroatoms. The van der Waals surface area contributed by atoms with E-state index in [2.05, 4.69) is 5.32 Å². The molecule has 0 saturated heterocycles. The highest BCUT2D eigenvalue weighted by Crippen LogP contribution is 1.94. The lowest BCUT2D eigenvalue weighted by Crippen LogP contribution is -2.44. The van der Waals surface area contributed by atoms with Gasteiger partial charge in [-0.1, -0.05) is 0 Å². The molecular weight excluding hydrogens is 218 g/mol. The monoisotopic (exact) mass is 233 g/mol. The molecule has 0 aliphatic heterocycles. The van der Waals surface area contributed by atoms with Crippen LogP contribution in [-0.4, -0.2) is 46.8 Å². The molecule has 0 bridgehead atoms. The lowest BCUT2D eigenvalue weighted by atomic mass is 10.2. The van der Waals surface area contributed by atoms with Crippen molar-refractivity contribution in [3.8, 4) is 0 Å². The molecule has 3 N–H and O–H groups in total. The van der Waals surface area contributed by atoms with Gasteiger partial charge in [0.2, 0.25) is 5.91 Å². The predicted molar refractivity (Wildman–Crippen MR) is 52.9 cm³/mol. The minimum Gasteiger partial charge on any atom is -0.481 e. The molecule has 0 unspecified atom stereocenters. The number of aliphatic carboxylic acids is 2. The summed E-state index contributed by atoms with van der Waals surface area (Å²) in [5, 5.41) is 19.1. The zero-order valence-electron chi connectivity index (χ0n) is 9.10. The van der Waals surface area contributed by atoms with Crippen LogP contribution in [-0.2, 0) is 19.1 Å². The molecule has 0 spiro atoms. The van der Waals surface area contributed by atoms with Crippen LogP contribution in [0.1, 0.15) is 20.3 Å². The summed E-state index contributed by atoms with van der Waals surface area (Å²) in [6, 6.07) is -1.43. The van der Waals surface area contributed by atoms with Gasteiger partial charge in [0.15, 0.2) is 0 Å². The molecule has 0 aliphatic rings. The summed E-state index contributed by atoms with van der Waals surface area (Å²) in [6.45, 7) is 3.15. The van der Waals surface area contributed by atoms with Crippen molar-refractivity contribution in [3.05, 3.63) is 0 Å². The number of amides is 1. The Balaban J connectivity index is 4.13. The summed E-state index contributed by atoms with van der Waals surface area (Å²) in [6.07, 6.45) is -0.823. The third-order valence-corrected chi connectivity index (χ3v) is 1.56. The summed E-state index contributed by atoms with van der Waals surface area (Å²) in [5.74, 6) is -3.33. The largest absolute Gasteiger partial charge is 0.481 e. The number of carboxylic acids is 2. The van der Waals surface area contributed by atoms with Crippen molar-refractivity contribution in [3.63, 3.8) is 0 Å². The average Bonchev–Trinajstić information content (AvgIpc) is 2.12. The maximum absolute atomic E-state index is 11.2. The van der Waals surface area contributed by atoms with Crippen LogP contribution in [0.3, 0.4) is 0 Å². The molecule has 7 nitrogen and oxygen atoms in total. The fraction of sp³-hybridized carbons (Fsp3) is 0.667. The second-order valence-corrected chi connectivity index (χ2v) is 3.42. The van der Waals surface area contributed by atoms with Crippen LogP contribution in [0.15, 0.2) is 0 Å². The minimum atomic E-state index is -1.43. The third kappa shape index (κ3) is 6.77. The van der Waals surface area contributed by atoms with Crippen LogP contribution < -0.4 is 5.32 Å². The van der Waals surface area contributed by atoms with Crippen molar-refractivity contribution in [1.82, 2.24) is 5.32 Å². The maximum Gasteiger partial charge on any atom is 0.326 e. The molecular formula is C9H15NO6. The molecule has 0 radical (unpaired) electrons. The molecule has 16 heavy (non-hydrogen) atoms. The first-order valence-electron chi connectivity index (χ1n) is 4.68. The van der Waals surface area contributed by atoms with Gasteiger partial charge in [-0.05, 0) is 13.8 Å². The van der Waals surface area contributed by atoms with E-state index in [0.717, 1.165) is 0 Å². The van der Waals surface area contributed by atoms with E-state index in [4.69, 9.17) is 14.9 Å². The van der Waals surface area contributed by atoms with Crippen molar-refractivity contribution < 1.29 is 29.3 Å². The molecule has 0 fully saturated rings. The molecule has 1 atom stereocenters. The Bertz CT molecular complexity index is 275. The molecule has 0 heterocycles. The Kier molecular flexibility index (Phi) is 6.09. The second-order valence-electron chi connectivity index (χ2n) is 3.42. The van der Waals surface area contributed by atoms with Crippen LogP contribution in [0.5, 0.6) is 0 Å². The number of carboxylic acid groups (broad SMARTS) is 2. The lowest BCUT2D eigenvalue weighted by molar-refractivity contribution is -0.147. The topological polar surface area (TPSA) is 113 Å². The third-order valence-electron chi connectivity index (χ3n) is 1.56. The van der Waals surface area contributed by atoms with Gasteiger partial charge in [0.25, 0.3) is 0 Å². The number of hydrogen-bond acceptors (Lipinski definition) is 4. The highest BCUT2D eigenvalue weighted by molar-refractivity contribution is 5.87. The summed E-state index contributed by atoms with van der Waals surface area (Å²) in [5.41, 5.74) is 0. The van der Waals surface area contributed by atoms with Gasteiger partial charge in [-0.2, -0.15) is 0 Å². The van der Waals surface area contributed by atoms with Crippen LogP contribution in [0.25, 0.3) is 0 Å². The SMILES string of the molecule is CC(C)OCC(=O)N[C@@H](CC(=O)O)C(=O)O. The van der Waals surface area contributed by atoms with E-state index in [-0.39, 0.29) is 12.7 Å². The maximum atomic E-state index is 11.2. The molecule has 0 aromatic carbocycles. The van der Waals surface area contributed by atoms with Crippen LogP contribution in [0, 0.1) is 0 Å². The van der Waals surface area contributed by atoms with Gasteiger partial charge in [0, 0.05) is 0 Å². The van der Waals surface area contributed by atoms with E-state index in [1.54, 1.807) is 13.8 Å². The van der Waals surface area contributed by atoms with Crippen molar-refractivity contribution in [2.45, 2.75) is 32.4 Å². The van der Waals surface area contributed by atoms with Crippen molar-refractivity contribution in [2.24, 2.45) is 0 Å². The van der Waals surface area contributed by atoms with Crippen molar-refractivity contribution in [1.29, 1.82) is 0 Å². The molecule has 0 aromatic heterocycles. The van der Waals surface area contributed by atoms with E-state index in [1.807, 2.05) is 0 Å². The zero-order chi connectivity index (χ0) is 12.7. The number of ether oxygens (including phenoxy) is 1. The van der Waals surface area contributed by atoms with Gasteiger partial charge in [-0.3, -0.25) is 9.59 Å². The Labute approximate surface area is 92.4 Å². The number of nitrogens with one attached hydrogen (secondary N) is 1. The summed E-state index contributed by atoms with van der Waals surface area (Å²) < 4.78 is 4.94. The number of carbonyl (C=O) groups is 3. The fourth-order valence-corrected chi connectivity index (χ4v) is 0.853. The normalized spacial score (nSPS) is 12.2. The Hall–Kier alpha value is -1.63. The highest BCUT2D eigenvalue weighted by atomic mass is 16.5. The van der Waals surface area contributed by atoms with Gasteiger partial charge in [0.1, 0.15) is 12.6 Å². The quantitative estimate of drug-likeness (QED) is 0.544. The van der Waals surface area contributed by atoms with Gasteiger partial charge < -0.3 is 20.3 Å². The Morgan fingerprint density at radius 1 is 1.25 bits per heavy atom. The van der Waals surface area contributed by atoms with E-state index >= 15 is 0 Å². The highest BCUT2D eigenvalue weighted by Gasteiger charge is 2.22. The molecule has 92 valence electrons. The minimum absolute atomic E-state index is 0.159. The lowest BCUT2D eigenvalue weighted by Gasteiger charge is -2.13. The van der Waals surface area contributed by atoms with Crippen LogP contribution in [0.4, 0.5) is 0 Å². The summed E-state index contributed by atoms with van der Waals surface area (Å²) in [4.78, 5) is 32.1. The molecule has 0 aliphatic carbocycles. The number of hydrogen-bond donors (Lipinski definition) is 3. The molecule has 0 rings (SSSR count). The van der Waals surface area contributed by atoms with Crippen molar-refractivity contribution in [2.75, 3.05) is 6.61 Å². The molecule has 0 aromatic rings.